The first-order valence-electron chi connectivity index (χ1n) is 7.74. The molecule has 2 aromatic rings. The molecule has 5 nitrogen and oxygen atoms in total. The molecule has 1 aliphatic heterocycles. The molecule has 1 saturated heterocycles. The monoisotopic (exact) mass is 317 g/mol. The SMILES string of the molecule is Cc1ncn(C)c1C(=O)N1CCC(Oc2ccc(F)cc2)CC1. The van der Waals surface area contributed by atoms with Crippen molar-refractivity contribution < 1.29 is 13.9 Å². The quantitative estimate of drug-likeness (QED) is 0.874. The van der Waals surface area contributed by atoms with Crippen LogP contribution >= 0.6 is 0 Å². The van der Waals surface area contributed by atoms with Gasteiger partial charge in [0, 0.05) is 33.0 Å². The molecular weight excluding hydrogens is 297 g/mol. The largest absolute Gasteiger partial charge is 0.490 e. The van der Waals surface area contributed by atoms with Gasteiger partial charge in [0.1, 0.15) is 23.4 Å². The van der Waals surface area contributed by atoms with Crippen molar-refractivity contribution in [3.05, 3.63) is 47.8 Å². The second-order valence-corrected chi connectivity index (χ2v) is 5.85. The van der Waals surface area contributed by atoms with E-state index in [2.05, 4.69) is 4.98 Å². The van der Waals surface area contributed by atoms with Gasteiger partial charge in [0.2, 0.25) is 0 Å². The number of ether oxygens (including phenoxy) is 1. The van der Waals surface area contributed by atoms with E-state index in [1.807, 2.05) is 18.9 Å². The van der Waals surface area contributed by atoms with E-state index < -0.39 is 0 Å². The molecule has 1 aliphatic rings. The summed E-state index contributed by atoms with van der Waals surface area (Å²) in [6, 6.07) is 6.04. The highest BCUT2D eigenvalue weighted by atomic mass is 19.1. The van der Waals surface area contributed by atoms with Gasteiger partial charge in [-0.15, -0.1) is 0 Å². The number of piperidine rings is 1. The highest BCUT2D eigenvalue weighted by Gasteiger charge is 2.27. The molecule has 3 rings (SSSR count). The average molecular weight is 317 g/mol. The third-order valence-corrected chi connectivity index (χ3v) is 4.17. The minimum Gasteiger partial charge on any atom is -0.490 e. The molecule has 0 radical (unpaired) electrons. The summed E-state index contributed by atoms with van der Waals surface area (Å²) in [5, 5.41) is 0. The Morgan fingerprint density at radius 1 is 1.26 bits per heavy atom. The van der Waals surface area contributed by atoms with Crippen LogP contribution in [0.3, 0.4) is 0 Å². The number of aromatic nitrogens is 2. The first kappa shape index (κ1) is 15.5. The molecular formula is C17H20FN3O2. The standard InChI is InChI=1S/C17H20FN3O2/c1-12-16(20(2)11-19-12)17(22)21-9-7-15(8-10-21)23-14-5-3-13(18)4-6-14/h3-6,11,15H,7-10H2,1-2H3. The third kappa shape index (κ3) is 3.36. The number of amides is 1. The normalized spacial score (nSPS) is 15.7. The Morgan fingerprint density at radius 2 is 1.91 bits per heavy atom. The molecule has 1 aromatic carbocycles. The highest BCUT2D eigenvalue weighted by molar-refractivity contribution is 5.93. The van der Waals surface area contributed by atoms with Gasteiger partial charge in [0.05, 0.1) is 12.0 Å². The van der Waals surface area contributed by atoms with E-state index in [4.69, 9.17) is 4.74 Å². The van der Waals surface area contributed by atoms with Gasteiger partial charge in [-0.05, 0) is 31.2 Å². The fourth-order valence-electron chi connectivity index (χ4n) is 2.89. The highest BCUT2D eigenvalue weighted by Crippen LogP contribution is 2.21. The number of carbonyl (C=O) groups excluding carboxylic acids is 1. The third-order valence-electron chi connectivity index (χ3n) is 4.17. The van der Waals surface area contributed by atoms with Crippen molar-refractivity contribution in [1.29, 1.82) is 0 Å². The van der Waals surface area contributed by atoms with E-state index in [1.165, 1.54) is 12.1 Å². The lowest BCUT2D eigenvalue weighted by Crippen LogP contribution is -2.42. The fraction of sp³-hybridized carbons (Fsp3) is 0.412. The van der Waals surface area contributed by atoms with E-state index in [1.54, 1.807) is 23.0 Å². The second-order valence-electron chi connectivity index (χ2n) is 5.85. The lowest BCUT2D eigenvalue weighted by Gasteiger charge is -2.32. The first-order chi connectivity index (χ1) is 11.0. The smallest absolute Gasteiger partial charge is 0.272 e. The minimum atomic E-state index is -0.274. The average Bonchev–Trinajstić information content (AvgIpc) is 2.88. The Kier molecular flexibility index (Phi) is 4.32. The molecule has 122 valence electrons. The summed E-state index contributed by atoms with van der Waals surface area (Å²) in [6.45, 7) is 3.14. The Bertz CT molecular complexity index is 669. The molecule has 1 amide bonds. The topological polar surface area (TPSA) is 47.4 Å². The Labute approximate surface area is 134 Å². The zero-order valence-corrected chi connectivity index (χ0v) is 13.3. The van der Waals surface area contributed by atoms with Crippen LogP contribution in [0.1, 0.15) is 29.0 Å². The summed E-state index contributed by atoms with van der Waals surface area (Å²) >= 11 is 0. The molecule has 0 atom stereocenters. The summed E-state index contributed by atoms with van der Waals surface area (Å²) in [7, 11) is 1.83. The lowest BCUT2D eigenvalue weighted by atomic mass is 10.1. The van der Waals surface area contributed by atoms with Gasteiger partial charge >= 0.3 is 0 Å². The van der Waals surface area contributed by atoms with Crippen molar-refractivity contribution in [1.82, 2.24) is 14.5 Å². The van der Waals surface area contributed by atoms with Crippen LogP contribution in [0.2, 0.25) is 0 Å². The maximum Gasteiger partial charge on any atom is 0.272 e. The van der Waals surface area contributed by atoms with Gasteiger partial charge in [-0.1, -0.05) is 0 Å². The number of aryl methyl sites for hydroxylation is 2. The minimum absolute atomic E-state index is 0.0164. The van der Waals surface area contributed by atoms with Gasteiger partial charge < -0.3 is 14.2 Å². The molecule has 1 aromatic heterocycles. The summed E-state index contributed by atoms with van der Waals surface area (Å²) in [6.07, 6.45) is 3.24. The molecule has 0 bridgehead atoms. The number of hydrogen-bond acceptors (Lipinski definition) is 3. The van der Waals surface area contributed by atoms with Gasteiger partial charge in [-0.2, -0.15) is 0 Å². The maximum absolute atomic E-state index is 12.9. The molecule has 0 N–H and O–H groups in total. The van der Waals surface area contributed by atoms with Crippen LogP contribution in [0.5, 0.6) is 5.75 Å². The Balaban J connectivity index is 1.58. The number of imidazole rings is 1. The number of nitrogens with zero attached hydrogens (tertiary/aromatic N) is 3. The lowest BCUT2D eigenvalue weighted by molar-refractivity contribution is 0.0586. The van der Waals surface area contributed by atoms with Gasteiger partial charge in [-0.25, -0.2) is 9.37 Å². The molecule has 0 aliphatic carbocycles. The number of carbonyl (C=O) groups is 1. The summed E-state index contributed by atoms with van der Waals surface area (Å²) in [4.78, 5) is 18.6. The number of benzene rings is 1. The van der Waals surface area contributed by atoms with Crippen molar-refractivity contribution in [3.8, 4) is 5.75 Å². The Morgan fingerprint density at radius 3 is 2.48 bits per heavy atom. The number of hydrogen-bond donors (Lipinski definition) is 0. The van der Waals surface area contributed by atoms with Crippen LogP contribution in [0, 0.1) is 12.7 Å². The molecule has 0 unspecified atom stereocenters. The van der Waals surface area contributed by atoms with Crippen LogP contribution in [0.15, 0.2) is 30.6 Å². The molecule has 6 heteroatoms. The van der Waals surface area contributed by atoms with Gasteiger partial charge in [0.25, 0.3) is 5.91 Å². The first-order valence-corrected chi connectivity index (χ1v) is 7.74. The second kappa shape index (κ2) is 6.40. The fourth-order valence-corrected chi connectivity index (χ4v) is 2.89. The molecule has 0 spiro atoms. The summed E-state index contributed by atoms with van der Waals surface area (Å²) < 4.78 is 20.5. The molecule has 23 heavy (non-hydrogen) atoms. The van der Waals surface area contributed by atoms with Crippen LogP contribution in [-0.4, -0.2) is 39.6 Å². The van der Waals surface area contributed by atoms with Crippen molar-refractivity contribution in [2.24, 2.45) is 7.05 Å². The predicted octanol–water partition coefficient (Wildman–Crippen LogP) is 2.55. The zero-order chi connectivity index (χ0) is 16.4. The van der Waals surface area contributed by atoms with Crippen molar-refractivity contribution in [2.45, 2.75) is 25.9 Å². The zero-order valence-electron chi connectivity index (χ0n) is 13.3. The van der Waals surface area contributed by atoms with Crippen LogP contribution in [-0.2, 0) is 7.05 Å². The molecule has 0 saturated carbocycles. The van der Waals surface area contributed by atoms with Crippen LogP contribution < -0.4 is 4.74 Å². The van der Waals surface area contributed by atoms with Crippen LogP contribution in [0.25, 0.3) is 0 Å². The van der Waals surface area contributed by atoms with Crippen LogP contribution in [0.4, 0.5) is 4.39 Å². The van der Waals surface area contributed by atoms with Gasteiger partial charge in [0.15, 0.2) is 0 Å². The van der Waals surface area contributed by atoms with Crippen molar-refractivity contribution in [2.75, 3.05) is 13.1 Å². The van der Waals surface area contributed by atoms with E-state index in [-0.39, 0.29) is 17.8 Å². The van der Waals surface area contributed by atoms with Crippen molar-refractivity contribution >= 4 is 5.91 Å². The summed E-state index contributed by atoms with van der Waals surface area (Å²) in [5.41, 5.74) is 1.39. The predicted molar refractivity (Wildman–Crippen MR) is 83.9 cm³/mol. The molecule has 2 heterocycles. The number of halogens is 1. The van der Waals surface area contributed by atoms with E-state index >= 15 is 0 Å². The summed E-state index contributed by atoms with van der Waals surface area (Å²) in [5.74, 6) is 0.408. The van der Waals surface area contributed by atoms with E-state index in [0.29, 0.717) is 24.5 Å². The molecule has 1 fully saturated rings. The van der Waals surface area contributed by atoms with Crippen molar-refractivity contribution in [3.63, 3.8) is 0 Å². The maximum atomic E-state index is 12.9. The number of likely N-dealkylation sites (tertiary alicyclic amines) is 1. The van der Waals surface area contributed by atoms with E-state index in [0.717, 1.165) is 18.5 Å². The van der Waals surface area contributed by atoms with E-state index in [9.17, 15) is 9.18 Å². The van der Waals surface area contributed by atoms with Gasteiger partial charge in [-0.3, -0.25) is 4.79 Å². The number of rotatable bonds is 3. The Hall–Kier alpha value is -2.37.